The largest absolute Gasteiger partial charge is 0.480 e. The summed E-state index contributed by atoms with van der Waals surface area (Å²) in [5.74, 6) is -1.97. The van der Waals surface area contributed by atoms with Crippen LogP contribution in [-0.2, 0) is 4.79 Å². The molecule has 1 atom stereocenters. The van der Waals surface area contributed by atoms with E-state index in [9.17, 15) is 19.7 Å². The maximum Gasteiger partial charge on any atom is 0.322 e. The van der Waals surface area contributed by atoms with Gasteiger partial charge in [0.1, 0.15) is 11.8 Å². The van der Waals surface area contributed by atoms with Crippen LogP contribution in [0, 0.1) is 10.1 Å². The third-order valence-electron chi connectivity index (χ3n) is 3.05. The van der Waals surface area contributed by atoms with Crippen molar-refractivity contribution in [1.29, 1.82) is 0 Å². The third-order valence-corrected chi connectivity index (χ3v) is 3.29. The van der Waals surface area contributed by atoms with Crippen LogP contribution in [0.25, 0.3) is 11.3 Å². The lowest BCUT2D eigenvalue weighted by molar-refractivity contribution is -0.384. The number of nitrogens with zero attached hydrogens (tertiary/aromatic N) is 1. The average Bonchev–Trinajstić information content (AvgIpc) is 3.01. The Bertz CT molecular complexity index is 804. The van der Waals surface area contributed by atoms with Crippen LogP contribution in [-0.4, -0.2) is 34.5 Å². The van der Waals surface area contributed by atoms with Crippen molar-refractivity contribution in [3.63, 3.8) is 0 Å². The topological polar surface area (TPSA) is 149 Å². The number of amides is 1. The van der Waals surface area contributed by atoms with Crippen molar-refractivity contribution in [3.8, 4) is 11.3 Å². The first kappa shape index (κ1) is 17.4. The number of nitrogens with two attached hydrogens (primary N) is 1. The SMILES string of the molecule is N[C@H](CNC(=O)c1ccc(-c2ccc(Cl)cc2[N+](=O)[O-])o1)C(=O)O. The number of nitrogens with one attached hydrogen (secondary N) is 1. The van der Waals surface area contributed by atoms with E-state index in [2.05, 4.69) is 5.32 Å². The lowest BCUT2D eigenvalue weighted by Gasteiger charge is -2.06. The summed E-state index contributed by atoms with van der Waals surface area (Å²) in [6.45, 7) is -0.286. The van der Waals surface area contributed by atoms with Crippen LogP contribution in [0.5, 0.6) is 0 Å². The van der Waals surface area contributed by atoms with E-state index in [1.807, 2.05) is 0 Å². The highest BCUT2D eigenvalue weighted by Crippen LogP contribution is 2.33. The highest BCUT2D eigenvalue weighted by molar-refractivity contribution is 6.30. The summed E-state index contributed by atoms with van der Waals surface area (Å²) >= 11 is 5.74. The molecule has 0 saturated heterocycles. The summed E-state index contributed by atoms with van der Waals surface area (Å²) < 4.78 is 5.31. The van der Waals surface area contributed by atoms with Gasteiger partial charge in [-0.25, -0.2) is 0 Å². The number of carboxylic acids is 1. The van der Waals surface area contributed by atoms with Gasteiger partial charge in [0.05, 0.1) is 10.5 Å². The Morgan fingerprint density at radius 3 is 2.71 bits per heavy atom. The first-order valence-electron chi connectivity index (χ1n) is 6.60. The van der Waals surface area contributed by atoms with Crippen molar-refractivity contribution in [1.82, 2.24) is 5.32 Å². The van der Waals surface area contributed by atoms with Crippen molar-refractivity contribution in [2.45, 2.75) is 6.04 Å². The lowest BCUT2D eigenvalue weighted by Crippen LogP contribution is -2.42. The molecule has 1 aromatic carbocycles. The van der Waals surface area contributed by atoms with Crippen LogP contribution in [0.2, 0.25) is 5.02 Å². The first-order valence-corrected chi connectivity index (χ1v) is 6.98. The van der Waals surface area contributed by atoms with Gasteiger partial charge in [-0.3, -0.25) is 19.7 Å². The molecule has 24 heavy (non-hydrogen) atoms. The van der Waals surface area contributed by atoms with Gasteiger partial charge in [-0.15, -0.1) is 0 Å². The number of carbonyl (C=O) groups excluding carboxylic acids is 1. The number of carboxylic acid groups (broad SMARTS) is 1. The van der Waals surface area contributed by atoms with E-state index in [4.69, 9.17) is 26.9 Å². The summed E-state index contributed by atoms with van der Waals surface area (Å²) in [5.41, 5.74) is 5.17. The molecule has 2 aromatic rings. The molecule has 0 unspecified atom stereocenters. The van der Waals surface area contributed by atoms with E-state index in [0.717, 1.165) is 0 Å². The second-order valence-corrected chi connectivity index (χ2v) is 5.17. The predicted octanol–water partition coefficient (Wildman–Crippen LogP) is 1.65. The minimum atomic E-state index is -1.26. The highest BCUT2D eigenvalue weighted by atomic mass is 35.5. The third kappa shape index (κ3) is 3.89. The van der Waals surface area contributed by atoms with E-state index in [-0.39, 0.29) is 34.3 Å². The molecule has 4 N–H and O–H groups in total. The van der Waals surface area contributed by atoms with E-state index in [0.29, 0.717) is 0 Å². The normalized spacial score (nSPS) is 11.8. The van der Waals surface area contributed by atoms with Gasteiger partial charge in [-0.2, -0.15) is 0 Å². The molecule has 1 aromatic heterocycles. The van der Waals surface area contributed by atoms with Crippen molar-refractivity contribution >= 4 is 29.2 Å². The molecule has 9 nitrogen and oxygen atoms in total. The number of carbonyl (C=O) groups is 2. The monoisotopic (exact) mass is 353 g/mol. The van der Waals surface area contributed by atoms with Gasteiger partial charge in [-0.1, -0.05) is 11.6 Å². The van der Waals surface area contributed by atoms with Gasteiger partial charge in [0, 0.05) is 17.6 Å². The van der Waals surface area contributed by atoms with Crippen LogP contribution < -0.4 is 11.1 Å². The van der Waals surface area contributed by atoms with Crippen LogP contribution in [0.3, 0.4) is 0 Å². The first-order chi connectivity index (χ1) is 11.3. The zero-order chi connectivity index (χ0) is 17.9. The van der Waals surface area contributed by atoms with E-state index in [1.54, 1.807) is 0 Å². The number of rotatable bonds is 6. The summed E-state index contributed by atoms with van der Waals surface area (Å²) in [7, 11) is 0. The van der Waals surface area contributed by atoms with Gasteiger partial charge in [0.25, 0.3) is 11.6 Å². The minimum absolute atomic E-state index is 0.103. The van der Waals surface area contributed by atoms with E-state index < -0.39 is 22.8 Å². The molecule has 2 rings (SSSR count). The van der Waals surface area contributed by atoms with Gasteiger partial charge in [0.15, 0.2) is 5.76 Å². The Balaban J connectivity index is 2.21. The molecule has 0 aliphatic rings. The molecule has 0 fully saturated rings. The molecule has 1 amide bonds. The molecule has 0 radical (unpaired) electrons. The van der Waals surface area contributed by atoms with Crippen LogP contribution in [0.4, 0.5) is 5.69 Å². The molecular weight excluding hydrogens is 342 g/mol. The lowest BCUT2D eigenvalue weighted by atomic mass is 10.1. The summed E-state index contributed by atoms with van der Waals surface area (Å²) in [6.07, 6.45) is 0. The number of furan rings is 1. The van der Waals surface area contributed by atoms with Crippen molar-refractivity contribution in [3.05, 3.63) is 51.2 Å². The van der Waals surface area contributed by atoms with E-state index >= 15 is 0 Å². The summed E-state index contributed by atoms with van der Waals surface area (Å²) in [5, 5.41) is 22.2. The fraction of sp³-hybridized carbons (Fsp3) is 0.143. The maximum atomic E-state index is 11.9. The Hall–Kier alpha value is -2.91. The number of aliphatic carboxylic acids is 1. The average molecular weight is 354 g/mol. The van der Waals surface area contributed by atoms with Crippen LogP contribution in [0.15, 0.2) is 34.7 Å². The van der Waals surface area contributed by atoms with Crippen molar-refractivity contribution in [2.75, 3.05) is 6.54 Å². The van der Waals surface area contributed by atoms with Crippen molar-refractivity contribution in [2.24, 2.45) is 5.73 Å². The molecule has 0 aliphatic heterocycles. The quantitative estimate of drug-likeness (QED) is 0.528. The minimum Gasteiger partial charge on any atom is -0.480 e. The Morgan fingerprint density at radius 2 is 2.08 bits per heavy atom. The Kier molecular flexibility index (Phi) is 5.17. The zero-order valence-electron chi connectivity index (χ0n) is 12.1. The Morgan fingerprint density at radius 1 is 1.38 bits per heavy atom. The molecule has 0 aliphatic carbocycles. The smallest absolute Gasteiger partial charge is 0.322 e. The summed E-state index contributed by atoms with van der Waals surface area (Å²) in [6, 6.07) is 5.49. The molecule has 126 valence electrons. The van der Waals surface area contributed by atoms with Gasteiger partial charge >= 0.3 is 5.97 Å². The van der Waals surface area contributed by atoms with Crippen LogP contribution in [0.1, 0.15) is 10.6 Å². The zero-order valence-corrected chi connectivity index (χ0v) is 12.8. The number of nitro groups is 1. The second kappa shape index (κ2) is 7.11. The maximum absolute atomic E-state index is 11.9. The second-order valence-electron chi connectivity index (χ2n) is 4.74. The van der Waals surface area contributed by atoms with Gasteiger partial charge < -0.3 is 20.6 Å². The molecule has 0 spiro atoms. The number of halogens is 1. The molecule has 10 heteroatoms. The fourth-order valence-corrected chi connectivity index (χ4v) is 2.01. The highest BCUT2D eigenvalue weighted by Gasteiger charge is 2.21. The van der Waals surface area contributed by atoms with E-state index in [1.165, 1.54) is 30.3 Å². The standard InChI is InChI=1S/C14H12ClN3O6/c15-7-1-2-8(10(5-7)18(22)23)11-3-4-12(24-11)13(19)17-6-9(16)14(20)21/h1-5,9H,6,16H2,(H,17,19)(H,20,21)/t9-/m1/s1. The number of hydrogen-bond acceptors (Lipinski definition) is 6. The fourth-order valence-electron chi connectivity index (χ4n) is 1.85. The summed E-state index contributed by atoms with van der Waals surface area (Å²) in [4.78, 5) is 32.9. The molecule has 0 bridgehead atoms. The van der Waals surface area contributed by atoms with Gasteiger partial charge in [-0.05, 0) is 24.3 Å². The number of nitro benzene ring substituents is 1. The van der Waals surface area contributed by atoms with Crippen molar-refractivity contribution < 1.29 is 24.0 Å². The molecule has 1 heterocycles. The van der Waals surface area contributed by atoms with Gasteiger partial charge in [0.2, 0.25) is 0 Å². The van der Waals surface area contributed by atoms with Crippen LogP contribution >= 0.6 is 11.6 Å². The predicted molar refractivity (Wildman–Crippen MR) is 83.8 cm³/mol. The Labute approximate surface area is 140 Å². The number of benzene rings is 1. The number of hydrogen-bond donors (Lipinski definition) is 3. The molecular formula is C14H12ClN3O6. The molecule has 0 saturated carbocycles.